The summed E-state index contributed by atoms with van der Waals surface area (Å²) in [6, 6.07) is 9.42. The van der Waals surface area contributed by atoms with E-state index in [-0.39, 0.29) is 15.5 Å². The third kappa shape index (κ3) is 4.24. The van der Waals surface area contributed by atoms with E-state index in [1.807, 2.05) is 0 Å². The van der Waals surface area contributed by atoms with Crippen LogP contribution in [0.25, 0.3) is 0 Å². The fraction of sp³-hybridized carbons (Fsp3) is 0.400. The summed E-state index contributed by atoms with van der Waals surface area (Å²) in [5, 5.41) is 0. The predicted octanol–water partition coefficient (Wildman–Crippen LogP) is 3.51. The molecule has 0 bridgehead atoms. The summed E-state index contributed by atoms with van der Waals surface area (Å²) in [4.78, 5) is 0.125. The van der Waals surface area contributed by atoms with Crippen molar-refractivity contribution in [3.8, 4) is 0 Å². The minimum absolute atomic E-state index is 0.00197. The number of sulfonamides is 1. The van der Waals surface area contributed by atoms with E-state index >= 15 is 0 Å². The third-order valence-corrected chi connectivity index (χ3v) is 8.50. The molecule has 0 fully saturated rings. The molecule has 28 heavy (non-hydrogen) atoms. The Balaban J connectivity index is 1.85. The smallest absolute Gasteiger partial charge is 0.242 e. The number of rotatable bonds is 7. The fourth-order valence-corrected chi connectivity index (χ4v) is 6.61. The van der Waals surface area contributed by atoms with Crippen LogP contribution in [0.1, 0.15) is 43.5 Å². The van der Waals surface area contributed by atoms with Gasteiger partial charge in [0.1, 0.15) is 4.90 Å². The summed E-state index contributed by atoms with van der Waals surface area (Å²) in [6.45, 7) is 3.42. The van der Waals surface area contributed by atoms with Gasteiger partial charge in [-0.3, -0.25) is 0 Å². The van der Waals surface area contributed by atoms with Crippen molar-refractivity contribution in [1.82, 2.24) is 8.69 Å². The molecule has 8 heteroatoms. The maximum atomic E-state index is 13.0. The van der Waals surface area contributed by atoms with Crippen LogP contribution in [0.4, 0.5) is 0 Å². The third-order valence-electron chi connectivity index (χ3n) is 5.02. The SMILES string of the molecule is Cc1cc(S(=O)(=O)NCCC2=CCCCC2)c(C)n1S(=O)(=O)c1ccccc1. The van der Waals surface area contributed by atoms with Gasteiger partial charge in [-0.15, -0.1) is 0 Å². The fourth-order valence-electron chi connectivity index (χ4n) is 3.61. The molecule has 3 rings (SSSR count). The quantitative estimate of drug-likeness (QED) is 0.692. The number of aromatic nitrogens is 1. The molecule has 2 aromatic rings. The second-order valence-electron chi connectivity index (χ2n) is 7.07. The molecule has 1 aliphatic rings. The minimum atomic E-state index is -3.86. The molecule has 0 radical (unpaired) electrons. The van der Waals surface area contributed by atoms with Crippen LogP contribution in [0.5, 0.6) is 0 Å². The number of nitrogens with one attached hydrogen (secondary N) is 1. The summed E-state index contributed by atoms with van der Waals surface area (Å²) in [6.07, 6.45) is 7.29. The van der Waals surface area contributed by atoms with Crippen LogP contribution in [0.15, 0.2) is 57.8 Å². The zero-order chi connectivity index (χ0) is 20.4. The average molecular weight is 423 g/mol. The molecule has 152 valence electrons. The van der Waals surface area contributed by atoms with Gasteiger partial charge in [0.2, 0.25) is 10.0 Å². The first-order valence-electron chi connectivity index (χ1n) is 9.40. The molecule has 1 heterocycles. The van der Waals surface area contributed by atoms with Crippen molar-refractivity contribution in [3.05, 3.63) is 59.4 Å². The zero-order valence-corrected chi connectivity index (χ0v) is 17.8. The lowest BCUT2D eigenvalue weighted by molar-refractivity contribution is 0.578. The molecular formula is C20H26N2O4S2. The molecule has 0 saturated carbocycles. The molecule has 1 aromatic heterocycles. The Morgan fingerprint density at radius 2 is 1.75 bits per heavy atom. The Hall–Kier alpha value is -1.90. The maximum absolute atomic E-state index is 13.0. The molecule has 0 aliphatic heterocycles. The first-order valence-corrected chi connectivity index (χ1v) is 12.3. The van der Waals surface area contributed by atoms with Gasteiger partial charge in [0.05, 0.1) is 10.6 Å². The highest BCUT2D eigenvalue weighted by Crippen LogP contribution is 2.26. The van der Waals surface area contributed by atoms with Crippen LogP contribution in [0.2, 0.25) is 0 Å². The first kappa shape index (κ1) is 20.8. The highest BCUT2D eigenvalue weighted by atomic mass is 32.2. The van der Waals surface area contributed by atoms with Gasteiger partial charge in [-0.2, -0.15) is 0 Å². The van der Waals surface area contributed by atoms with E-state index in [2.05, 4.69) is 10.8 Å². The number of aryl methyl sites for hydroxylation is 1. The summed E-state index contributed by atoms with van der Waals surface area (Å²) in [7, 11) is -7.66. The van der Waals surface area contributed by atoms with Crippen molar-refractivity contribution in [1.29, 1.82) is 0 Å². The van der Waals surface area contributed by atoms with Gasteiger partial charge in [-0.05, 0) is 64.2 Å². The van der Waals surface area contributed by atoms with Crippen molar-refractivity contribution in [2.24, 2.45) is 0 Å². The summed E-state index contributed by atoms with van der Waals surface area (Å²) >= 11 is 0. The molecule has 6 nitrogen and oxygen atoms in total. The minimum Gasteiger partial charge on any atom is -0.242 e. The Labute approximate surface area is 167 Å². The van der Waals surface area contributed by atoms with E-state index in [0.29, 0.717) is 18.7 Å². The van der Waals surface area contributed by atoms with Crippen molar-refractivity contribution in [2.75, 3.05) is 6.54 Å². The van der Waals surface area contributed by atoms with Gasteiger partial charge in [0.25, 0.3) is 10.0 Å². The number of hydrogen-bond acceptors (Lipinski definition) is 4. The average Bonchev–Trinajstić information content (AvgIpc) is 2.99. The van der Waals surface area contributed by atoms with Gasteiger partial charge in [-0.1, -0.05) is 29.8 Å². The first-order chi connectivity index (χ1) is 13.2. The molecule has 0 unspecified atom stereocenters. The molecule has 0 saturated heterocycles. The number of benzene rings is 1. The molecule has 0 atom stereocenters. The maximum Gasteiger partial charge on any atom is 0.268 e. The lowest BCUT2D eigenvalue weighted by Crippen LogP contribution is -2.26. The van der Waals surface area contributed by atoms with Crippen LogP contribution >= 0.6 is 0 Å². The van der Waals surface area contributed by atoms with Gasteiger partial charge in [-0.25, -0.2) is 25.5 Å². The van der Waals surface area contributed by atoms with Crippen molar-refractivity contribution >= 4 is 20.0 Å². The van der Waals surface area contributed by atoms with E-state index in [4.69, 9.17) is 0 Å². The Morgan fingerprint density at radius 3 is 2.39 bits per heavy atom. The van der Waals surface area contributed by atoms with Crippen LogP contribution < -0.4 is 4.72 Å². The van der Waals surface area contributed by atoms with Gasteiger partial charge >= 0.3 is 0 Å². The molecule has 1 N–H and O–H groups in total. The Morgan fingerprint density at radius 1 is 1.04 bits per heavy atom. The van der Waals surface area contributed by atoms with E-state index in [1.54, 1.807) is 25.1 Å². The predicted molar refractivity (Wildman–Crippen MR) is 109 cm³/mol. The number of hydrogen-bond donors (Lipinski definition) is 1. The Bertz CT molecular complexity index is 1080. The van der Waals surface area contributed by atoms with E-state index < -0.39 is 20.0 Å². The van der Waals surface area contributed by atoms with Crippen molar-refractivity contribution < 1.29 is 16.8 Å². The van der Waals surface area contributed by atoms with Crippen LogP contribution in [0.3, 0.4) is 0 Å². The largest absolute Gasteiger partial charge is 0.268 e. The lowest BCUT2D eigenvalue weighted by atomic mass is 9.97. The summed E-state index contributed by atoms with van der Waals surface area (Å²) in [5.41, 5.74) is 1.83. The normalized spacial score (nSPS) is 15.4. The van der Waals surface area contributed by atoms with Crippen LogP contribution in [-0.4, -0.2) is 27.4 Å². The van der Waals surface area contributed by atoms with Crippen molar-refractivity contribution in [3.63, 3.8) is 0 Å². The zero-order valence-electron chi connectivity index (χ0n) is 16.2. The van der Waals surface area contributed by atoms with Gasteiger partial charge < -0.3 is 0 Å². The standard InChI is InChI=1S/C20H26N2O4S2/c1-16-15-20(27(23,24)21-14-13-18-9-5-3-6-10-18)17(2)22(16)28(25,26)19-11-7-4-8-12-19/h4,7-9,11-12,15,21H,3,5-6,10,13-14H2,1-2H3. The topological polar surface area (TPSA) is 85.2 Å². The van der Waals surface area contributed by atoms with Gasteiger partial charge in [0.15, 0.2) is 0 Å². The molecule has 0 spiro atoms. The van der Waals surface area contributed by atoms with Gasteiger partial charge in [0, 0.05) is 12.2 Å². The second kappa shape index (κ2) is 8.23. The van der Waals surface area contributed by atoms with Crippen LogP contribution in [-0.2, 0) is 20.0 Å². The van der Waals surface area contributed by atoms with Crippen LogP contribution in [0, 0.1) is 13.8 Å². The molecule has 1 aromatic carbocycles. The van der Waals surface area contributed by atoms with E-state index in [0.717, 1.165) is 23.2 Å². The monoisotopic (exact) mass is 422 g/mol. The summed E-state index contributed by atoms with van der Waals surface area (Å²) < 4.78 is 55.2. The number of nitrogens with zero attached hydrogens (tertiary/aromatic N) is 1. The molecular weight excluding hydrogens is 396 g/mol. The summed E-state index contributed by atoms with van der Waals surface area (Å²) in [5.74, 6) is 0. The highest BCUT2D eigenvalue weighted by Gasteiger charge is 2.27. The second-order valence-corrected chi connectivity index (χ2v) is 10.6. The highest BCUT2D eigenvalue weighted by molar-refractivity contribution is 7.90. The van der Waals surface area contributed by atoms with Crippen molar-refractivity contribution in [2.45, 2.75) is 55.7 Å². The Kier molecular flexibility index (Phi) is 6.12. The molecule has 1 aliphatic carbocycles. The van der Waals surface area contributed by atoms with E-state index in [9.17, 15) is 16.8 Å². The lowest BCUT2D eigenvalue weighted by Gasteiger charge is -2.13. The number of allylic oxidation sites excluding steroid dienone is 1. The van der Waals surface area contributed by atoms with E-state index in [1.165, 1.54) is 37.1 Å². The molecule has 0 amide bonds.